The standard InChI is InChI=1S/C26H28F2N9O5.HI/c1-3-41-25(39)42-17-33-15-30-34(16-33)13-26(40,22-9-4-19(27)12-23(22)28)18(2)35-10-11-36(24(35)38)20-5-7-21(8-6-20)37-14-29-31-32-37;/h4-9,12,14,18,40H,3,10-11,13,16-17H2,1-2H3;1H/q+1;/p-1/t18-,26+;/m1./s1. The second kappa shape index (κ2) is 13.4. The number of nitrogens with zero attached hydrogens (tertiary/aromatic N) is 9. The van der Waals surface area contributed by atoms with Gasteiger partial charge in [-0.3, -0.25) is 4.90 Å². The van der Waals surface area contributed by atoms with Gasteiger partial charge in [0.05, 0.1) is 24.9 Å². The number of tetrazole rings is 1. The van der Waals surface area contributed by atoms with Gasteiger partial charge < -0.3 is 43.5 Å². The molecule has 5 rings (SSSR count). The normalized spacial score (nSPS) is 16.5. The summed E-state index contributed by atoms with van der Waals surface area (Å²) in [5, 5.41) is 28.6. The molecule has 2 amide bonds. The molecule has 43 heavy (non-hydrogen) atoms. The molecule has 2 aliphatic heterocycles. The van der Waals surface area contributed by atoms with Gasteiger partial charge in [0.1, 0.15) is 28.7 Å². The number of hydrazone groups is 1. The Morgan fingerprint density at radius 1 is 1.14 bits per heavy atom. The number of aromatic nitrogens is 4. The molecule has 14 nitrogen and oxygen atoms in total. The van der Waals surface area contributed by atoms with Crippen molar-refractivity contribution in [1.29, 1.82) is 0 Å². The molecule has 0 saturated carbocycles. The first-order valence-corrected chi connectivity index (χ1v) is 13.0. The number of carbonyl (C=O) groups excluding carboxylic acids is 2. The SMILES string of the molecule is CCOC(=O)OCN1[C+]=NN(C[C@@](O)(c2ccc(F)cc2F)[C@@H](C)N2CCN(c3ccc(-n4cnnn4)cc3)C2=O)C1.[I-]. The molecule has 0 unspecified atom stereocenters. The van der Waals surface area contributed by atoms with Crippen molar-refractivity contribution in [2.45, 2.75) is 25.5 Å². The summed E-state index contributed by atoms with van der Waals surface area (Å²) < 4.78 is 40.1. The van der Waals surface area contributed by atoms with Gasteiger partial charge in [0.15, 0.2) is 6.67 Å². The van der Waals surface area contributed by atoms with Crippen molar-refractivity contribution in [1.82, 2.24) is 35.0 Å². The number of rotatable bonds is 10. The van der Waals surface area contributed by atoms with E-state index in [0.717, 1.165) is 12.1 Å². The number of amides is 2. The van der Waals surface area contributed by atoms with Crippen LogP contribution in [0.4, 0.5) is 24.1 Å². The number of halogens is 3. The zero-order chi connectivity index (χ0) is 29.9. The van der Waals surface area contributed by atoms with Crippen LogP contribution in [-0.4, -0.2) is 104 Å². The summed E-state index contributed by atoms with van der Waals surface area (Å²) in [5.74, 6) is -1.78. The van der Waals surface area contributed by atoms with Crippen LogP contribution in [0.25, 0.3) is 5.69 Å². The predicted molar refractivity (Wildman–Crippen MR) is 142 cm³/mol. The molecular weight excluding hydrogens is 683 g/mol. The molecule has 2 aromatic carbocycles. The van der Waals surface area contributed by atoms with Gasteiger partial charge in [-0.15, -0.1) is 5.10 Å². The van der Waals surface area contributed by atoms with Gasteiger partial charge in [-0.05, 0) is 54.6 Å². The number of anilines is 1. The third kappa shape index (κ3) is 6.73. The number of hydrogen-bond donors (Lipinski definition) is 1. The summed E-state index contributed by atoms with van der Waals surface area (Å²) in [6, 6.07) is 8.50. The topological polar surface area (TPSA) is 142 Å². The fourth-order valence-corrected chi connectivity index (χ4v) is 4.87. The van der Waals surface area contributed by atoms with Gasteiger partial charge in [-0.25, -0.2) is 28.1 Å². The highest BCUT2D eigenvalue weighted by Crippen LogP contribution is 2.35. The lowest BCUT2D eigenvalue weighted by Gasteiger charge is -2.40. The average Bonchev–Trinajstić information content (AvgIpc) is 3.74. The summed E-state index contributed by atoms with van der Waals surface area (Å²) >= 11 is 0. The maximum Gasteiger partial charge on any atom is 0.547 e. The summed E-state index contributed by atoms with van der Waals surface area (Å²) in [6.45, 7) is 3.45. The fourth-order valence-electron chi connectivity index (χ4n) is 4.87. The molecule has 228 valence electrons. The molecule has 2 atom stereocenters. The Morgan fingerprint density at radius 2 is 1.88 bits per heavy atom. The van der Waals surface area contributed by atoms with Crippen LogP contribution in [0.2, 0.25) is 0 Å². The molecular formula is C26H28F2IN9O5. The molecule has 1 N–H and O–H groups in total. The van der Waals surface area contributed by atoms with Crippen LogP contribution in [-0.2, 0) is 15.1 Å². The molecule has 1 saturated heterocycles. The third-order valence-electron chi connectivity index (χ3n) is 7.06. The van der Waals surface area contributed by atoms with Crippen LogP contribution in [0.5, 0.6) is 0 Å². The number of carbonyl (C=O) groups is 2. The Labute approximate surface area is 262 Å². The Kier molecular flexibility index (Phi) is 9.87. The molecule has 3 aromatic rings. The lowest BCUT2D eigenvalue weighted by molar-refractivity contribution is -0.0601. The number of ether oxygens (including phenoxy) is 2. The minimum Gasteiger partial charge on any atom is -1.00 e. The van der Waals surface area contributed by atoms with E-state index in [2.05, 4.69) is 27.0 Å². The highest BCUT2D eigenvalue weighted by Gasteiger charge is 2.48. The number of β-amino-alcohol motifs (C(OH)–C–C–N with tert-alkyl or cyclic N) is 1. The van der Waals surface area contributed by atoms with E-state index in [1.165, 1.54) is 30.7 Å². The van der Waals surface area contributed by atoms with Crippen molar-refractivity contribution in [3.05, 3.63) is 66.0 Å². The second-order valence-electron chi connectivity index (χ2n) is 9.63. The van der Waals surface area contributed by atoms with Gasteiger partial charge in [0.25, 0.3) is 0 Å². The van der Waals surface area contributed by atoms with Gasteiger partial charge in [0.2, 0.25) is 6.73 Å². The van der Waals surface area contributed by atoms with E-state index < -0.39 is 35.5 Å². The minimum absolute atomic E-state index is 0. The zero-order valence-electron chi connectivity index (χ0n) is 23.2. The van der Waals surface area contributed by atoms with Crippen molar-refractivity contribution in [2.24, 2.45) is 5.10 Å². The van der Waals surface area contributed by atoms with E-state index >= 15 is 4.39 Å². The molecule has 1 fully saturated rings. The monoisotopic (exact) mass is 711 g/mol. The molecule has 0 bridgehead atoms. The van der Waals surface area contributed by atoms with Crippen LogP contribution < -0.4 is 28.9 Å². The van der Waals surface area contributed by atoms with Crippen LogP contribution in [0.1, 0.15) is 19.4 Å². The Balaban J connectivity index is 0.00000423. The van der Waals surface area contributed by atoms with E-state index in [1.54, 1.807) is 38.1 Å². The lowest BCUT2D eigenvalue weighted by Crippen LogP contribution is -3.00. The van der Waals surface area contributed by atoms with Gasteiger partial charge in [-0.1, -0.05) is 11.0 Å². The average molecular weight is 711 g/mol. The molecule has 17 heteroatoms. The van der Waals surface area contributed by atoms with Gasteiger partial charge in [0, 0.05) is 30.4 Å². The molecule has 1 aromatic heterocycles. The molecule has 3 heterocycles. The lowest BCUT2D eigenvalue weighted by atomic mass is 9.85. The van der Waals surface area contributed by atoms with E-state index in [1.807, 2.05) is 0 Å². The van der Waals surface area contributed by atoms with Crippen LogP contribution in [0.15, 0.2) is 53.9 Å². The maximum atomic E-state index is 15.1. The van der Waals surface area contributed by atoms with Gasteiger partial charge >= 0.3 is 18.5 Å². The van der Waals surface area contributed by atoms with E-state index in [-0.39, 0.29) is 62.6 Å². The highest BCUT2D eigenvalue weighted by atomic mass is 127. The summed E-state index contributed by atoms with van der Waals surface area (Å²) in [6.07, 6.45) is 3.23. The summed E-state index contributed by atoms with van der Waals surface area (Å²) in [5.41, 5.74) is -0.924. The first-order chi connectivity index (χ1) is 20.2. The Morgan fingerprint density at radius 3 is 2.56 bits per heavy atom. The largest absolute Gasteiger partial charge is 1.00 e. The summed E-state index contributed by atoms with van der Waals surface area (Å²) in [7, 11) is 0. The molecule has 0 aliphatic carbocycles. The van der Waals surface area contributed by atoms with Crippen molar-refractivity contribution in [2.75, 3.05) is 44.5 Å². The molecule has 0 spiro atoms. The van der Waals surface area contributed by atoms with Crippen LogP contribution in [0.3, 0.4) is 0 Å². The smallest absolute Gasteiger partial charge is 0.547 e. The fraction of sp³-hybridized carbons (Fsp3) is 0.385. The van der Waals surface area contributed by atoms with E-state index in [0.29, 0.717) is 24.0 Å². The van der Waals surface area contributed by atoms with E-state index in [9.17, 15) is 19.1 Å². The Bertz CT molecular complexity index is 1450. The predicted octanol–water partition coefficient (Wildman–Crippen LogP) is -1.01. The number of urea groups is 1. The third-order valence-corrected chi connectivity index (χ3v) is 7.06. The summed E-state index contributed by atoms with van der Waals surface area (Å²) in [4.78, 5) is 29.5. The quantitative estimate of drug-likeness (QED) is 0.158. The number of aliphatic hydroxyl groups is 1. The number of benzene rings is 2. The molecule has 0 radical (unpaired) electrons. The Hall–Kier alpha value is -4.22. The van der Waals surface area contributed by atoms with Crippen molar-refractivity contribution in [3.63, 3.8) is 0 Å². The highest BCUT2D eigenvalue weighted by molar-refractivity contribution is 5.94. The maximum absolute atomic E-state index is 15.1. The van der Waals surface area contributed by atoms with Crippen LogP contribution >= 0.6 is 0 Å². The van der Waals surface area contributed by atoms with Gasteiger partial charge in [-0.2, -0.15) is 0 Å². The first kappa shape index (κ1) is 31.7. The number of hydrogen-bond acceptors (Lipinski definition) is 11. The van der Waals surface area contributed by atoms with Crippen molar-refractivity contribution >= 4 is 24.2 Å². The minimum atomic E-state index is -2.03. The second-order valence-corrected chi connectivity index (χ2v) is 9.63. The van der Waals surface area contributed by atoms with Crippen molar-refractivity contribution in [3.8, 4) is 5.69 Å². The van der Waals surface area contributed by atoms with E-state index in [4.69, 9.17) is 9.47 Å². The van der Waals surface area contributed by atoms with Crippen molar-refractivity contribution < 1.29 is 56.9 Å². The zero-order valence-corrected chi connectivity index (χ0v) is 25.3. The first-order valence-electron chi connectivity index (χ1n) is 13.0. The van der Waals surface area contributed by atoms with Crippen LogP contribution in [0, 0.1) is 11.6 Å². The molecule has 2 aliphatic rings.